The van der Waals surface area contributed by atoms with Crippen LogP contribution in [0.3, 0.4) is 0 Å². The van der Waals surface area contributed by atoms with E-state index in [-0.39, 0.29) is 22.0 Å². The van der Waals surface area contributed by atoms with E-state index in [0.717, 1.165) is 6.07 Å². The van der Waals surface area contributed by atoms with Gasteiger partial charge in [-0.05, 0) is 32.0 Å². The van der Waals surface area contributed by atoms with Crippen molar-refractivity contribution in [1.29, 1.82) is 0 Å². The first-order valence-electron chi connectivity index (χ1n) is 6.16. The molecule has 0 unspecified atom stereocenters. The van der Waals surface area contributed by atoms with Gasteiger partial charge in [0.05, 0.1) is 16.3 Å². The third-order valence-electron chi connectivity index (χ3n) is 3.09. The number of benzene rings is 1. The van der Waals surface area contributed by atoms with E-state index in [9.17, 15) is 13.2 Å². The van der Waals surface area contributed by atoms with Gasteiger partial charge in [-0.25, -0.2) is 17.9 Å². The van der Waals surface area contributed by atoms with Crippen molar-refractivity contribution in [3.05, 3.63) is 45.8 Å². The third kappa shape index (κ3) is 3.29. The van der Waals surface area contributed by atoms with Gasteiger partial charge in [-0.3, -0.25) is 0 Å². The third-order valence-corrected chi connectivity index (χ3v) is 4.97. The minimum atomic E-state index is -3.97. The summed E-state index contributed by atoms with van der Waals surface area (Å²) in [6.45, 7) is 3.33. The zero-order valence-electron chi connectivity index (χ0n) is 11.8. The van der Waals surface area contributed by atoms with Crippen molar-refractivity contribution >= 4 is 27.6 Å². The molecule has 0 aliphatic carbocycles. The van der Waals surface area contributed by atoms with Crippen LogP contribution in [0.5, 0.6) is 0 Å². The van der Waals surface area contributed by atoms with Gasteiger partial charge in [0.2, 0.25) is 10.0 Å². The molecule has 9 heteroatoms. The van der Waals surface area contributed by atoms with Crippen LogP contribution in [0.25, 0.3) is 0 Å². The number of hydrogen-bond acceptors (Lipinski definition) is 5. The van der Waals surface area contributed by atoms with E-state index in [1.54, 1.807) is 13.8 Å². The van der Waals surface area contributed by atoms with Crippen molar-refractivity contribution in [3.8, 4) is 0 Å². The molecule has 2 N–H and O–H groups in total. The predicted octanol–water partition coefficient (Wildman–Crippen LogP) is 2.12. The first-order chi connectivity index (χ1) is 10.2. The number of halogens is 1. The van der Waals surface area contributed by atoms with Crippen molar-refractivity contribution < 1.29 is 22.8 Å². The second-order valence-corrected chi connectivity index (χ2v) is 6.72. The summed E-state index contributed by atoms with van der Waals surface area (Å²) < 4.78 is 31.9. The topological polar surface area (TPSA) is 110 Å². The van der Waals surface area contributed by atoms with Crippen LogP contribution >= 0.6 is 11.6 Å². The minimum absolute atomic E-state index is 0.0306. The molecular formula is C13H13ClN2O5S. The van der Waals surface area contributed by atoms with E-state index >= 15 is 0 Å². The highest BCUT2D eigenvalue weighted by Crippen LogP contribution is 2.23. The lowest BCUT2D eigenvalue weighted by Crippen LogP contribution is -2.24. The fourth-order valence-electron chi connectivity index (χ4n) is 1.84. The van der Waals surface area contributed by atoms with E-state index in [2.05, 4.69) is 9.88 Å². The van der Waals surface area contributed by atoms with Crippen molar-refractivity contribution in [2.24, 2.45) is 0 Å². The molecule has 2 rings (SSSR count). The Labute approximate surface area is 131 Å². The highest BCUT2D eigenvalue weighted by Gasteiger charge is 2.21. The summed E-state index contributed by atoms with van der Waals surface area (Å²) in [4.78, 5) is 10.7. The molecule has 7 nitrogen and oxygen atoms in total. The molecule has 0 saturated heterocycles. The molecule has 2 aromatic rings. The SMILES string of the molecule is Cc1noc(C)c1CNS(=O)(=O)c1cc(C(=O)O)ccc1Cl. The van der Waals surface area contributed by atoms with E-state index in [4.69, 9.17) is 21.2 Å². The van der Waals surface area contributed by atoms with Gasteiger partial charge < -0.3 is 9.63 Å². The summed E-state index contributed by atoms with van der Waals surface area (Å²) in [5.41, 5.74) is 1.03. The molecule has 0 aliphatic rings. The van der Waals surface area contributed by atoms with Crippen LogP contribution < -0.4 is 4.72 Å². The molecule has 1 heterocycles. The quantitative estimate of drug-likeness (QED) is 0.859. The molecule has 22 heavy (non-hydrogen) atoms. The normalized spacial score (nSPS) is 11.6. The number of carboxylic acids is 1. The molecule has 1 aromatic heterocycles. The van der Waals surface area contributed by atoms with Gasteiger partial charge in [0, 0.05) is 12.1 Å². The second-order valence-electron chi connectivity index (χ2n) is 4.58. The van der Waals surface area contributed by atoms with Crippen LogP contribution in [0.1, 0.15) is 27.4 Å². The molecule has 0 saturated carbocycles. The molecule has 0 atom stereocenters. The van der Waals surface area contributed by atoms with Crippen LogP contribution in [0, 0.1) is 13.8 Å². The number of aryl methyl sites for hydroxylation is 2. The Morgan fingerprint density at radius 3 is 2.64 bits per heavy atom. The summed E-state index contributed by atoms with van der Waals surface area (Å²) in [6, 6.07) is 3.48. The summed E-state index contributed by atoms with van der Waals surface area (Å²) in [6.07, 6.45) is 0. The van der Waals surface area contributed by atoms with Gasteiger partial charge >= 0.3 is 5.97 Å². The van der Waals surface area contributed by atoms with E-state index < -0.39 is 16.0 Å². The van der Waals surface area contributed by atoms with E-state index in [0.29, 0.717) is 17.0 Å². The first-order valence-corrected chi connectivity index (χ1v) is 8.02. The van der Waals surface area contributed by atoms with Gasteiger partial charge in [0.15, 0.2) is 0 Å². The van der Waals surface area contributed by atoms with Gasteiger partial charge in [-0.1, -0.05) is 16.8 Å². The molecule has 0 bridgehead atoms. The lowest BCUT2D eigenvalue weighted by atomic mass is 10.2. The van der Waals surface area contributed by atoms with Crippen LogP contribution in [0.15, 0.2) is 27.6 Å². The highest BCUT2D eigenvalue weighted by atomic mass is 35.5. The Balaban J connectivity index is 2.31. The molecule has 0 aliphatic heterocycles. The van der Waals surface area contributed by atoms with Crippen LogP contribution in [-0.2, 0) is 16.6 Å². The molecule has 0 fully saturated rings. The monoisotopic (exact) mass is 344 g/mol. The van der Waals surface area contributed by atoms with Crippen molar-refractivity contribution in [2.75, 3.05) is 0 Å². The Morgan fingerprint density at radius 2 is 2.09 bits per heavy atom. The Bertz CT molecular complexity index is 809. The second kappa shape index (κ2) is 6.07. The van der Waals surface area contributed by atoms with Gasteiger partial charge in [-0.15, -0.1) is 0 Å². The smallest absolute Gasteiger partial charge is 0.335 e. The first kappa shape index (κ1) is 16.5. The van der Waals surface area contributed by atoms with Crippen molar-refractivity contribution in [2.45, 2.75) is 25.3 Å². The average Bonchev–Trinajstić information content (AvgIpc) is 2.76. The van der Waals surface area contributed by atoms with E-state index in [1.165, 1.54) is 12.1 Å². The number of carboxylic acid groups (broad SMARTS) is 1. The Morgan fingerprint density at radius 1 is 1.41 bits per heavy atom. The fraction of sp³-hybridized carbons (Fsp3) is 0.231. The number of carbonyl (C=O) groups is 1. The molecule has 118 valence electrons. The summed E-state index contributed by atoms with van der Waals surface area (Å²) >= 11 is 5.87. The Hall–Kier alpha value is -1.90. The number of sulfonamides is 1. The molecule has 0 radical (unpaired) electrons. The van der Waals surface area contributed by atoms with Gasteiger partial charge in [0.25, 0.3) is 0 Å². The number of rotatable bonds is 5. The van der Waals surface area contributed by atoms with Crippen LogP contribution in [0.4, 0.5) is 0 Å². The molecule has 1 aromatic carbocycles. The molecular weight excluding hydrogens is 332 g/mol. The number of hydrogen-bond donors (Lipinski definition) is 2. The maximum atomic E-state index is 12.3. The number of aromatic carboxylic acids is 1. The maximum absolute atomic E-state index is 12.3. The summed E-state index contributed by atoms with van der Waals surface area (Å²) in [7, 11) is -3.97. The summed E-state index contributed by atoms with van der Waals surface area (Å²) in [5.74, 6) is -0.732. The maximum Gasteiger partial charge on any atom is 0.335 e. The van der Waals surface area contributed by atoms with Crippen LogP contribution in [-0.4, -0.2) is 24.7 Å². The number of nitrogens with zero attached hydrogens (tertiary/aromatic N) is 1. The van der Waals surface area contributed by atoms with Gasteiger partial charge in [-0.2, -0.15) is 0 Å². The molecule has 0 amide bonds. The molecule has 0 spiro atoms. The van der Waals surface area contributed by atoms with Crippen molar-refractivity contribution in [1.82, 2.24) is 9.88 Å². The summed E-state index contributed by atoms with van der Waals surface area (Å²) in [5, 5.41) is 12.6. The minimum Gasteiger partial charge on any atom is -0.478 e. The largest absolute Gasteiger partial charge is 0.478 e. The number of aromatic nitrogens is 1. The lowest BCUT2D eigenvalue weighted by molar-refractivity contribution is 0.0696. The van der Waals surface area contributed by atoms with Gasteiger partial charge in [0.1, 0.15) is 10.7 Å². The zero-order valence-corrected chi connectivity index (χ0v) is 13.3. The standard InChI is InChI=1S/C13H13ClN2O5S/c1-7-10(8(2)21-16-7)6-15-22(19,20)12-5-9(13(17)18)3-4-11(12)14/h3-5,15H,6H2,1-2H3,(H,17,18). The fourth-order valence-corrected chi connectivity index (χ4v) is 3.36. The predicted molar refractivity (Wildman–Crippen MR) is 78.4 cm³/mol. The zero-order chi connectivity index (χ0) is 16.5. The average molecular weight is 345 g/mol. The van der Waals surface area contributed by atoms with Crippen LogP contribution in [0.2, 0.25) is 5.02 Å². The van der Waals surface area contributed by atoms with Crippen molar-refractivity contribution in [3.63, 3.8) is 0 Å². The lowest BCUT2D eigenvalue weighted by Gasteiger charge is -2.09. The Kier molecular flexibility index (Phi) is 4.55. The van der Waals surface area contributed by atoms with E-state index in [1.807, 2.05) is 0 Å². The number of nitrogens with one attached hydrogen (secondary N) is 1. The highest BCUT2D eigenvalue weighted by molar-refractivity contribution is 7.89.